The molecule has 1 saturated heterocycles. The van der Waals surface area contributed by atoms with E-state index in [0.717, 1.165) is 17.9 Å². The maximum absolute atomic E-state index is 11.5. The minimum absolute atomic E-state index is 0.209. The number of methoxy groups -OCH3 is 1. The fourth-order valence-corrected chi connectivity index (χ4v) is 1.86. The van der Waals surface area contributed by atoms with Crippen LogP contribution in [0.3, 0.4) is 0 Å². The van der Waals surface area contributed by atoms with Crippen molar-refractivity contribution in [2.24, 2.45) is 0 Å². The third-order valence-electron chi connectivity index (χ3n) is 2.93. The monoisotopic (exact) mass is 325 g/mol. The van der Waals surface area contributed by atoms with Gasteiger partial charge in [-0.1, -0.05) is 13.0 Å². The maximum Gasteiger partial charge on any atom is 0.305 e. The molecule has 0 spiro atoms. The van der Waals surface area contributed by atoms with E-state index >= 15 is 0 Å². The van der Waals surface area contributed by atoms with Crippen LogP contribution in [-0.2, 0) is 24.0 Å². The van der Waals surface area contributed by atoms with Crippen LogP contribution < -0.4 is 0 Å². The Morgan fingerprint density at radius 3 is 2.22 bits per heavy atom. The summed E-state index contributed by atoms with van der Waals surface area (Å²) in [6.07, 6.45) is 7.12. The van der Waals surface area contributed by atoms with Gasteiger partial charge in [0.1, 0.15) is 5.76 Å². The van der Waals surface area contributed by atoms with Crippen molar-refractivity contribution in [1.82, 2.24) is 5.06 Å². The Kier molecular flexibility index (Phi) is 11.3. The minimum Gasteiger partial charge on any atom is -0.469 e. The zero-order valence-corrected chi connectivity index (χ0v) is 14.3. The molecule has 0 aliphatic carbocycles. The minimum atomic E-state index is -0.299. The number of nitrogens with zero attached hydrogens (tertiary/aromatic N) is 1. The lowest BCUT2D eigenvalue weighted by molar-refractivity contribution is -0.177. The molecule has 0 N–H and O–H groups in total. The fourth-order valence-electron chi connectivity index (χ4n) is 1.86. The molecule has 0 aromatic rings. The molecule has 6 heteroatoms. The van der Waals surface area contributed by atoms with Crippen LogP contribution in [0.1, 0.15) is 58.8 Å². The maximum atomic E-state index is 11.5. The zero-order valence-electron chi connectivity index (χ0n) is 14.3. The normalized spacial score (nSPS) is 14.2. The lowest BCUT2D eigenvalue weighted by Gasteiger charge is -2.17. The predicted octanol–water partition coefficient (Wildman–Crippen LogP) is 3.29. The largest absolute Gasteiger partial charge is 0.469 e. The summed E-state index contributed by atoms with van der Waals surface area (Å²) in [5.41, 5.74) is 0. The molecule has 0 unspecified atom stereocenters. The number of carbonyl (C=O) groups is 3. The number of ether oxygens (including phenoxy) is 1. The summed E-state index contributed by atoms with van der Waals surface area (Å²) in [4.78, 5) is 39.3. The Labute approximate surface area is 138 Å². The molecule has 1 aliphatic heterocycles. The van der Waals surface area contributed by atoms with Crippen LogP contribution in [-0.4, -0.2) is 30.0 Å². The summed E-state index contributed by atoms with van der Waals surface area (Å²) >= 11 is 0. The van der Waals surface area contributed by atoms with Crippen molar-refractivity contribution in [2.45, 2.75) is 58.8 Å². The Balaban J connectivity index is 0.00000149. The van der Waals surface area contributed by atoms with Gasteiger partial charge < -0.3 is 9.57 Å². The first-order valence-electron chi connectivity index (χ1n) is 7.86. The van der Waals surface area contributed by atoms with Crippen LogP contribution >= 0.6 is 0 Å². The van der Waals surface area contributed by atoms with E-state index in [0.29, 0.717) is 25.0 Å². The van der Waals surface area contributed by atoms with Crippen LogP contribution in [0.2, 0.25) is 0 Å². The third kappa shape index (κ3) is 8.80. The standard InChI is InChI=1S/C14H21NO5.C3H6/c1-3-6-11(7-4-5-8-14(18)19-2)20-15-12(16)9-10-13(15)17;1-3-2/h6H,3-5,7-10H2,1-2H3;3H,1H2,2H3/b11-6+;. The number of esters is 1. The van der Waals surface area contributed by atoms with E-state index in [-0.39, 0.29) is 30.6 Å². The number of unbranched alkanes of at least 4 members (excludes halogenated alkanes) is 1. The summed E-state index contributed by atoms with van der Waals surface area (Å²) in [5.74, 6) is -0.240. The molecule has 0 radical (unpaired) electrons. The van der Waals surface area contributed by atoms with E-state index < -0.39 is 0 Å². The molecule has 0 aromatic carbocycles. The second kappa shape index (κ2) is 12.4. The van der Waals surface area contributed by atoms with Gasteiger partial charge in [0, 0.05) is 25.7 Å². The molecule has 2 amide bonds. The number of carbonyl (C=O) groups excluding carboxylic acids is 3. The molecule has 1 fully saturated rings. The SMILES string of the molecule is C=CC.CC/C=C(\CCCCC(=O)OC)ON1C(=O)CCC1=O. The van der Waals surface area contributed by atoms with Crippen molar-refractivity contribution in [3.63, 3.8) is 0 Å². The van der Waals surface area contributed by atoms with E-state index in [9.17, 15) is 14.4 Å². The lowest BCUT2D eigenvalue weighted by atomic mass is 10.1. The molecular weight excluding hydrogens is 298 g/mol. The lowest BCUT2D eigenvalue weighted by Crippen LogP contribution is -2.29. The van der Waals surface area contributed by atoms with Gasteiger partial charge >= 0.3 is 5.97 Å². The number of hydrogen-bond acceptors (Lipinski definition) is 5. The number of hydroxylamine groups is 2. The van der Waals surface area contributed by atoms with E-state index in [2.05, 4.69) is 11.3 Å². The van der Waals surface area contributed by atoms with Crippen molar-refractivity contribution >= 4 is 17.8 Å². The first-order valence-corrected chi connectivity index (χ1v) is 7.86. The van der Waals surface area contributed by atoms with Gasteiger partial charge in [-0.05, 0) is 32.3 Å². The summed E-state index contributed by atoms with van der Waals surface area (Å²) in [5, 5.41) is 0.849. The second-order valence-corrected chi connectivity index (χ2v) is 4.94. The highest BCUT2D eigenvalue weighted by Crippen LogP contribution is 2.19. The fraction of sp³-hybridized carbons (Fsp3) is 0.588. The van der Waals surface area contributed by atoms with Gasteiger partial charge in [0.05, 0.1) is 7.11 Å². The van der Waals surface area contributed by atoms with Crippen LogP contribution in [0.15, 0.2) is 24.5 Å². The average molecular weight is 325 g/mol. The molecule has 1 aliphatic rings. The molecule has 23 heavy (non-hydrogen) atoms. The van der Waals surface area contributed by atoms with Crippen molar-refractivity contribution in [3.05, 3.63) is 24.5 Å². The van der Waals surface area contributed by atoms with Crippen molar-refractivity contribution in [3.8, 4) is 0 Å². The van der Waals surface area contributed by atoms with Gasteiger partial charge in [0.2, 0.25) is 0 Å². The molecule has 130 valence electrons. The molecule has 0 bridgehead atoms. The Bertz CT molecular complexity index is 426. The van der Waals surface area contributed by atoms with E-state index in [1.165, 1.54) is 7.11 Å². The van der Waals surface area contributed by atoms with Crippen LogP contribution in [0.25, 0.3) is 0 Å². The highest BCUT2D eigenvalue weighted by molar-refractivity contribution is 6.00. The number of rotatable bonds is 8. The third-order valence-corrected chi connectivity index (χ3v) is 2.93. The molecule has 6 nitrogen and oxygen atoms in total. The molecule has 1 rings (SSSR count). The summed E-state index contributed by atoms with van der Waals surface area (Å²) in [6, 6.07) is 0. The van der Waals surface area contributed by atoms with Gasteiger partial charge in [-0.3, -0.25) is 14.4 Å². The Morgan fingerprint density at radius 1 is 1.22 bits per heavy atom. The smallest absolute Gasteiger partial charge is 0.305 e. The zero-order chi connectivity index (χ0) is 17.7. The van der Waals surface area contributed by atoms with Gasteiger partial charge in [-0.15, -0.1) is 11.6 Å². The number of imide groups is 1. The predicted molar refractivity (Wildman–Crippen MR) is 86.9 cm³/mol. The highest BCUT2D eigenvalue weighted by Gasteiger charge is 2.31. The molecule has 0 atom stereocenters. The van der Waals surface area contributed by atoms with Crippen molar-refractivity contribution in [2.75, 3.05) is 7.11 Å². The van der Waals surface area contributed by atoms with E-state index in [4.69, 9.17) is 4.84 Å². The van der Waals surface area contributed by atoms with Crippen LogP contribution in [0, 0.1) is 0 Å². The van der Waals surface area contributed by atoms with Crippen LogP contribution in [0.4, 0.5) is 0 Å². The second-order valence-electron chi connectivity index (χ2n) is 4.94. The summed E-state index contributed by atoms with van der Waals surface area (Å²) in [6.45, 7) is 7.20. The van der Waals surface area contributed by atoms with Crippen molar-refractivity contribution in [1.29, 1.82) is 0 Å². The number of allylic oxidation sites excluding steroid dienone is 3. The topological polar surface area (TPSA) is 72.9 Å². The highest BCUT2D eigenvalue weighted by atomic mass is 16.7. The van der Waals surface area contributed by atoms with E-state index in [1.54, 1.807) is 6.08 Å². The Hall–Kier alpha value is -2.11. The van der Waals surface area contributed by atoms with E-state index in [1.807, 2.05) is 19.9 Å². The molecule has 1 heterocycles. The molecule has 0 aromatic heterocycles. The first kappa shape index (κ1) is 20.9. The first-order chi connectivity index (χ1) is 11.0. The average Bonchev–Trinajstić information content (AvgIpc) is 2.84. The molecular formula is C17H27NO5. The van der Waals surface area contributed by atoms with Gasteiger partial charge in [0.25, 0.3) is 11.8 Å². The summed E-state index contributed by atoms with van der Waals surface area (Å²) in [7, 11) is 1.36. The van der Waals surface area contributed by atoms with Crippen LogP contribution in [0.5, 0.6) is 0 Å². The van der Waals surface area contributed by atoms with Gasteiger partial charge in [0.15, 0.2) is 0 Å². The Morgan fingerprint density at radius 2 is 1.74 bits per heavy atom. The summed E-state index contributed by atoms with van der Waals surface area (Å²) < 4.78 is 4.56. The van der Waals surface area contributed by atoms with Gasteiger partial charge in [-0.25, -0.2) is 0 Å². The van der Waals surface area contributed by atoms with Crippen molar-refractivity contribution < 1.29 is 24.0 Å². The number of hydrogen-bond donors (Lipinski definition) is 0. The molecule has 0 saturated carbocycles. The number of amides is 2. The van der Waals surface area contributed by atoms with Gasteiger partial charge in [-0.2, -0.15) is 0 Å². The quantitative estimate of drug-likeness (QED) is 0.225.